The Kier molecular flexibility index (Phi) is 6.81. The van der Waals surface area contributed by atoms with Gasteiger partial charge in [0.15, 0.2) is 0 Å². The Labute approximate surface area is 243 Å². The number of pyridine rings is 1. The minimum atomic E-state index is -0.0458. The molecule has 1 aliphatic carbocycles. The number of carbonyl (C=O) groups is 1. The van der Waals surface area contributed by atoms with Crippen molar-refractivity contribution in [3.8, 4) is 22.9 Å². The fraction of sp³-hybridized carbons (Fsp3) is 0.419. The second-order valence-electron chi connectivity index (χ2n) is 11.5. The molecule has 1 saturated heterocycles. The highest BCUT2D eigenvalue weighted by Crippen LogP contribution is 2.40. The molecule has 2 fully saturated rings. The van der Waals surface area contributed by atoms with Gasteiger partial charge in [0, 0.05) is 42.8 Å². The Morgan fingerprint density at radius 1 is 1.14 bits per heavy atom. The summed E-state index contributed by atoms with van der Waals surface area (Å²) in [5, 5.41) is 10.3. The quantitative estimate of drug-likeness (QED) is 0.286. The van der Waals surface area contributed by atoms with Crippen molar-refractivity contribution in [3.05, 3.63) is 60.3 Å². The Hall–Kier alpha value is -4.38. The molecule has 2 aliphatic rings. The zero-order valence-electron chi connectivity index (χ0n) is 24.1. The van der Waals surface area contributed by atoms with E-state index in [0.717, 1.165) is 58.5 Å². The summed E-state index contributed by atoms with van der Waals surface area (Å²) in [6.45, 7) is 5.33. The van der Waals surface area contributed by atoms with Gasteiger partial charge in [-0.05, 0) is 56.7 Å². The minimum Gasteiger partial charge on any atom is -0.494 e. The Balaban J connectivity index is 1.29. The van der Waals surface area contributed by atoms with Gasteiger partial charge in [-0.2, -0.15) is 10.2 Å². The lowest BCUT2D eigenvalue weighted by Crippen LogP contribution is -2.45. The van der Waals surface area contributed by atoms with Crippen LogP contribution in [0.25, 0.3) is 27.8 Å². The van der Waals surface area contributed by atoms with E-state index >= 15 is 0 Å². The van der Waals surface area contributed by atoms with Gasteiger partial charge in [0.25, 0.3) is 5.91 Å². The van der Waals surface area contributed by atoms with Crippen LogP contribution < -0.4 is 15.2 Å². The van der Waals surface area contributed by atoms with E-state index in [-0.39, 0.29) is 11.9 Å². The molecule has 0 unspecified atom stereocenters. The van der Waals surface area contributed by atoms with Crippen LogP contribution in [0.1, 0.15) is 41.6 Å². The number of ether oxygens (including phenoxy) is 2. The number of aromatic nitrogens is 6. The number of fused-ring (bicyclic) bond motifs is 2. The maximum absolute atomic E-state index is 13.5. The maximum Gasteiger partial charge on any atom is 0.255 e. The number of carbonyl (C=O) groups excluding carboxylic acids is 1. The molecule has 11 heteroatoms. The zero-order chi connectivity index (χ0) is 28.8. The molecule has 7 rings (SSSR count). The molecular formula is C31H36N8O3. The number of benzene rings is 1. The topological polar surface area (TPSA) is 118 Å². The van der Waals surface area contributed by atoms with Crippen LogP contribution in [0.3, 0.4) is 0 Å². The highest BCUT2D eigenvalue weighted by molar-refractivity contribution is 5.96. The number of amides is 1. The molecule has 0 bridgehead atoms. The lowest BCUT2D eigenvalue weighted by molar-refractivity contribution is 0.0707. The molecule has 1 saturated carbocycles. The number of hydrogen-bond acceptors (Lipinski definition) is 7. The number of rotatable bonds is 9. The molecule has 1 aromatic carbocycles. The SMILES string of the molecule is COc1cc(C(=O)N2CCC[C@@H](N)C2)cn2nc(-c3cc4cccc(OCCn5cncn5)c4n3CC3CC3)c(C)c12. The number of hydrogen-bond donors (Lipinski definition) is 1. The molecule has 0 spiro atoms. The summed E-state index contributed by atoms with van der Waals surface area (Å²) in [4.78, 5) is 19.3. The Bertz CT molecular complexity index is 1750. The Morgan fingerprint density at radius 3 is 2.79 bits per heavy atom. The van der Waals surface area contributed by atoms with Gasteiger partial charge in [0.05, 0.1) is 30.4 Å². The lowest BCUT2D eigenvalue weighted by atomic mass is 10.1. The van der Waals surface area contributed by atoms with E-state index in [1.807, 2.05) is 29.3 Å². The van der Waals surface area contributed by atoms with Gasteiger partial charge in [0.1, 0.15) is 42.0 Å². The molecule has 42 heavy (non-hydrogen) atoms. The zero-order valence-corrected chi connectivity index (χ0v) is 24.1. The van der Waals surface area contributed by atoms with E-state index in [0.29, 0.717) is 43.5 Å². The molecule has 1 atom stereocenters. The number of methoxy groups -OCH3 is 1. The van der Waals surface area contributed by atoms with Crippen molar-refractivity contribution in [2.75, 3.05) is 26.8 Å². The first-order valence-electron chi connectivity index (χ1n) is 14.7. The van der Waals surface area contributed by atoms with Crippen LogP contribution in [0.4, 0.5) is 0 Å². The molecule has 1 amide bonds. The number of nitrogens with two attached hydrogens (primary N) is 1. The van der Waals surface area contributed by atoms with E-state index < -0.39 is 0 Å². The highest BCUT2D eigenvalue weighted by Gasteiger charge is 2.28. The fourth-order valence-electron chi connectivity index (χ4n) is 6.13. The van der Waals surface area contributed by atoms with Crippen LogP contribution in [0, 0.1) is 12.8 Å². The normalized spacial score (nSPS) is 17.3. The van der Waals surface area contributed by atoms with E-state index in [1.165, 1.54) is 19.2 Å². The molecule has 5 heterocycles. The molecule has 218 valence electrons. The van der Waals surface area contributed by atoms with Crippen molar-refractivity contribution in [2.24, 2.45) is 11.7 Å². The fourth-order valence-corrected chi connectivity index (χ4v) is 6.13. The third-order valence-corrected chi connectivity index (χ3v) is 8.45. The largest absolute Gasteiger partial charge is 0.494 e. The van der Waals surface area contributed by atoms with Crippen molar-refractivity contribution in [3.63, 3.8) is 0 Å². The average molecular weight is 569 g/mol. The van der Waals surface area contributed by atoms with Crippen molar-refractivity contribution in [1.29, 1.82) is 0 Å². The lowest BCUT2D eigenvalue weighted by Gasteiger charge is -2.30. The first-order chi connectivity index (χ1) is 20.5. The third kappa shape index (κ3) is 4.87. The third-order valence-electron chi connectivity index (χ3n) is 8.45. The molecule has 5 aromatic rings. The van der Waals surface area contributed by atoms with Crippen LogP contribution >= 0.6 is 0 Å². The van der Waals surface area contributed by atoms with Crippen LogP contribution in [0.2, 0.25) is 0 Å². The number of likely N-dealkylation sites (tertiary alicyclic amines) is 1. The summed E-state index contributed by atoms with van der Waals surface area (Å²) >= 11 is 0. The molecular weight excluding hydrogens is 532 g/mol. The first-order valence-corrected chi connectivity index (χ1v) is 14.7. The predicted molar refractivity (Wildman–Crippen MR) is 159 cm³/mol. The van der Waals surface area contributed by atoms with E-state index in [2.05, 4.69) is 33.7 Å². The first kappa shape index (κ1) is 26.5. The molecule has 1 aliphatic heterocycles. The smallest absolute Gasteiger partial charge is 0.255 e. The van der Waals surface area contributed by atoms with Gasteiger partial charge < -0.3 is 24.7 Å². The van der Waals surface area contributed by atoms with Gasteiger partial charge in [0.2, 0.25) is 0 Å². The van der Waals surface area contributed by atoms with Gasteiger partial charge in [-0.25, -0.2) is 14.2 Å². The van der Waals surface area contributed by atoms with E-state index in [9.17, 15) is 4.79 Å². The van der Waals surface area contributed by atoms with Crippen molar-refractivity contribution < 1.29 is 14.3 Å². The summed E-state index contributed by atoms with van der Waals surface area (Å²) < 4.78 is 18.1. The van der Waals surface area contributed by atoms with Crippen molar-refractivity contribution >= 4 is 22.3 Å². The van der Waals surface area contributed by atoms with Gasteiger partial charge >= 0.3 is 0 Å². The summed E-state index contributed by atoms with van der Waals surface area (Å²) in [6.07, 6.45) is 9.34. The van der Waals surface area contributed by atoms with Crippen LogP contribution in [-0.2, 0) is 13.1 Å². The molecule has 2 N–H and O–H groups in total. The summed E-state index contributed by atoms with van der Waals surface area (Å²) in [5.74, 6) is 2.05. The second kappa shape index (κ2) is 10.8. The summed E-state index contributed by atoms with van der Waals surface area (Å²) in [5.41, 5.74) is 11.5. The van der Waals surface area contributed by atoms with Crippen LogP contribution in [0.15, 0.2) is 49.2 Å². The van der Waals surface area contributed by atoms with E-state index in [1.54, 1.807) is 22.6 Å². The van der Waals surface area contributed by atoms with Crippen LogP contribution in [-0.4, -0.2) is 72.6 Å². The number of nitrogens with zero attached hydrogens (tertiary/aromatic N) is 7. The average Bonchev–Trinajstić information content (AvgIpc) is 3.36. The van der Waals surface area contributed by atoms with Gasteiger partial charge in [-0.3, -0.25) is 4.79 Å². The Morgan fingerprint density at radius 2 is 2.02 bits per heavy atom. The highest BCUT2D eigenvalue weighted by atomic mass is 16.5. The summed E-state index contributed by atoms with van der Waals surface area (Å²) in [6, 6.07) is 10.2. The number of aryl methyl sites for hydroxylation is 1. The van der Waals surface area contributed by atoms with Crippen molar-refractivity contribution in [1.82, 2.24) is 33.8 Å². The van der Waals surface area contributed by atoms with E-state index in [4.69, 9.17) is 20.3 Å². The maximum atomic E-state index is 13.5. The van der Waals surface area contributed by atoms with Gasteiger partial charge in [-0.15, -0.1) is 0 Å². The van der Waals surface area contributed by atoms with Gasteiger partial charge in [-0.1, -0.05) is 12.1 Å². The number of piperidine rings is 1. The molecule has 4 aromatic heterocycles. The monoisotopic (exact) mass is 568 g/mol. The molecule has 11 nitrogen and oxygen atoms in total. The summed E-state index contributed by atoms with van der Waals surface area (Å²) in [7, 11) is 1.64. The predicted octanol–water partition coefficient (Wildman–Crippen LogP) is 3.92. The molecule has 0 radical (unpaired) electrons. The standard InChI is InChI=1S/C31H36N8O3/c1-20-28(35-39-16-23(14-27(41-2)29(20)39)31(40)36-10-4-6-24(32)17-36)25-13-22-5-3-7-26(30(22)38(25)15-21-8-9-21)42-12-11-37-19-33-18-34-37/h3,5,7,13-14,16,18-19,21,24H,4,6,8-12,15,17,32H2,1-2H3/t24-/m1/s1. The number of para-hydroxylation sites is 1. The second-order valence-corrected chi connectivity index (χ2v) is 11.5. The van der Waals surface area contributed by atoms with Crippen molar-refractivity contribution in [2.45, 2.75) is 51.7 Å². The minimum absolute atomic E-state index is 0.0108. The van der Waals surface area contributed by atoms with Crippen LogP contribution in [0.5, 0.6) is 11.5 Å².